The van der Waals surface area contributed by atoms with Crippen molar-refractivity contribution in [1.29, 1.82) is 0 Å². The van der Waals surface area contributed by atoms with Crippen LogP contribution in [0, 0.1) is 5.92 Å². The van der Waals surface area contributed by atoms with Crippen LogP contribution in [0.4, 0.5) is 0 Å². The Hall–Kier alpha value is -1.14. The molecule has 0 spiro atoms. The Labute approximate surface area is 108 Å². The average Bonchev–Trinajstić information content (AvgIpc) is 2.35. The van der Waals surface area contributed by atoms with Crippen LogP contribution in [-0.4, -0.2) is 72.6 Å². The van der Waals surface area contributed by atoms with Crippen LogP contribution in [-0.2, 0) is 9.59 Å². The highest BCUT2D eigenvalue weighted by atomic mass is 16.4. The zero-order chi connectivity index (χ0) is 13.9. The Morgan fingerprint density at radius 3 is 2.67 bits per heavy atom. The maximum absolute atomic E-state index is 12.0. The van der Waals surface area contributed by atoms with Crippen molar-refractivity contribution in [3.63, 3.8) is 0 Å². The molecule has 1 aliphatic heterocycles. The van der Waals surface area contributed by atoms with E-state index in [4.69, 9.17) is 5.11 Å². The molecule has 0 bridgehead atoms. The summed E-state index contributed by atoms with van der Waals surface area (Å²) in [5, 5.41) is 11.8. The van der Waals surface area contributed by atoms with E-state index in [1.165, 1.54) is 0 Å². The molecule has 6 nitrogen and oxygen atoms in total. The van der Waals surface area contributed by atoms with Gasteiger partial charge >= 0.3 is 5.97 Å². The molecule has 2 N–H and O–H groups in total. The van der Waals surface area contributed by atoms with Crippen LogP contribution in [0.15, 0.2) is 0 Å². The van der Waals surface area contributed by atoms with Crippen molar-refractivity contribution in [1.82, 2.24) is 15.1 Å². The van der Waals surface area contributed by atoms with Crippen LogP contribution in [0.1, 0.15) is 13.8 Å². The second kappa shape index (κ2) is 5.67. The van der Waals surface area contributed by atoms with Crippen molar-refractivity contribution in [2.45, 2.75) is 19.4 Å². The first-order chi connectivity index (χ1) is 8.25. The van der Waals surface area contributed by atoms with Gasteiger partial charge in [0.15, 0.2) is 0 Å². The molecule has 1 rings (SSSR count). The lowest BCUT2D eigenvalue weighted by atomic mass is 10.0. The number of carboxylic acids is 1. The number of hydrogen-bond acceptors (Lipinski definition) is 4. The Kier molecular flexibility index (Phi) is 4.70. The molecule has 0 aromatic heterocycles. The predicted octanol–water partition coefficient (Wildman–Crippen LogP) is -0.541. The number of nitrogens with one attached hydrogen (secondary N) is 1. The monoisotopic (exact) mass is 257 g/mol. The van der Waals surface area contributed by atoms with Crippen molar-refractivity contribution in [3.05, 3.63) is 0 Å². The average molecular weight is 257 g/mol. The lowest BCUT2D eigenvalue weighted by molar-refractivity contribution is -0.142. The van der Waals surface area contributed by atoms with Gasteiger partial charge in [0.1, 0.15) is 0 Å². The maximum Gasteiger partial charge on any atom is 0.309 e. The molecule has 1 amide bonds. The molecule has 0 radical (unpaired) electrons. The van der Waals surface area contributed by atoms with Crippen molar-refractivity contribution in [2.24, 2.45) is 5.92 Å². The molecule has 0 aromatic rings. The van der Waals surface area contributed by atoms with Crippen LogP contribution in [0.5, 0.6) is 0 Å². The molecule has 1 unspecified atom stereocenters. The number of aliphatic carboxylic acids is 1. The number of hydrogen-bond donors (Lipinski definition) is 2. The first kappa shape index (κ1) is 14.9. The van der Waals surface area contributed by atoms with Gasteiger partial charge in [-0.15, -0.1) is 0 Å². The van der Waals surface area contributed by atoms with Gasteiger partial charge < -0.3 is 15.3 Å². The molecule has 0 aromatic carbocycles. The zero-order valence-corrected chi connectivity index (χ0v) is 11.6. The van der Waals surface area contributed by atoms with Gasteiger partial charge in [-0.2, -0.15) is 0 Å². The fourth-order valence-corrected chi connectivity index (χ4v) is 1.99. The van der Waals surface area contributed by atoms with Gasteiger partial charge in [-0.3, -0.25) is 14.5 Å². The minimum absolute atomic E-state index is 0.106. The molecule has 1 atom stereocenters. The van der Waals surface area contributed by atoms with Crippen LogP contribution in [0.2, 0.25) is 0 Å². The van der Waals surface area contributed by atoms with Gasteiger partial charge in [0, 0.05) is 26.2 Å². The molecule has 0 saturated carbocycles. The summed E-state index contributed by atoms with van der Waals surface area (Å²) < 4.78 is 0. The maximum atomic E-state index is 12.0. The molecular weight excluding hydrogens is 234 g/mol. The van der Waals surface area contributed by atoms with Gasteiger partial charge in [0.2, 0.25) is 5.91 Å². The summed E-state index contributed by atoms with van der Waals surface area (Å²) >= 11 is 0. The lowest BCUT2D eigenvalue weighted by Crippen LogP contribution is -2.54. The number of carboxylic acid groups (broad SMARTS) is 1. The molecular formula is C12H23N3O3. The normalized spacial score (nSPS) is 24.7. The minimum Gasteiger partial charge on any atom is -0.481 e. The molecule has 1 fully saturated rings. The topological polar surface area (TPSA) is 72.9 Å². The Morgan fingerprint density at radius 1 is 1.56 bits per heavy atom. The highest BCUT2D eigenvalue weighted by molar-refractivity contribution is 5.86. The van der Waals surface area contributed by atoms with E-state index >= 15 is 0 Å². The third-order valence-corrected chi connectivity index (χ3v) is 3.46. The van der Waals surface area contributed by atoms with Crippen molar-refractivity contribution < 1.29 is 14.7 Å². The second-order valence-electron chi connectivity index (χ2n) is 5.55. The summed E-state index contributed by atoms with van der Waals surface area (Å²) in [5.41, 5.74) is -0.666. The summed E-state index contributed by atoms with van der Waals surface area (Å²) in [6.45, 7) is 5.75. The Balaban J connectivity index is 2.83. The number of rotatable bonds is 4. The van der Waals surface area contributed by atoms with Gasteiger partial charge in [-0.1, -0.05) is 0 Å². The SMILES string of the molecule is CN(C)CCN1CC(C(=O)O)CNC(=O)C1(C)C. The molecule has 18 heavy (non-hydrogen) atoms. The van der Waals surface area contributed by atoms with E-state index in [2.05, 4.69) is 5.32 Å². The molecule has 104 valence electrons. The lowest BCUT2D eigenvalue weighted by Gasteiger charge is -2.36. The summed E-state index contributed by atoms with van der Waals surface area (Å²) in [6.07, 6.45) is 0. The fraction of sp³-hybridized carbons (Fsp3) is 0.833. The zero-order valence-electron chi connectivity index (χ0n) is 11.6. The third kappa shape index (κ3) is 3.43. The van der Waals surface area contributed by atoms with E-state index in [1.807, 2.05) is 37.7 Å². The summed E-state index contributed by atoms with van der Waals surface area (Å²) in [7, 11) is 3.92. The minimum atomic E-state index is -0.858. The number of carbonyl (C=O) groups excluding carboxylic acids is 1. The van der Waals surface area contributed by atoms with E-state index < -0.39 is 17.4 Å². The van der Waals surface area contributed by atoms with Gasteiger partial charge in [-0.05, 0) is 27.9 Å². The number of carbonyl (C=O) groups is 2. The van der Waals surface area contributed by atoms with Gasteiger partial charge in [-0.25, -0.2) is 0 Å². The molecule has 0 aliphatic carbocycles. The van der Waals surface area contributed by atoms with Gasteiger partial charge in [0.05, 0.1) is 11.5 Å². The standard InChI is InChI=1S/C12H23N3O3/c1-12(2)11(18)13-7-9(10(16)17)8-15(12)6-5-14(3)4/h9H,5-8H2,1-4H3,(H,13,18)(H,16,17). The number of nitrogens with zero attached hydrogens (tertiary/aromatic N) is 2. The molecule has 1 aliphatic rings. The fourth-order valence-electron chi connectivity index (χ4n) is 1.99. The van der Waals surface area contributed by atoms with Crippen LogP contribution in [0.25, 0.3) is 0 Å². The van der Waals surface area contributed by atoms with E-state index in [1.54, 1.807) is 0 Å². The van der Waals surface area contributed by atoms with Crippen LogP contribution >= 0.6 is 0 Å². The second-order valence-corrected chi connectivity index (χ2v) is 5.55. The van der Waals surface area contributed by atoms with Crippen LogP contribution in [0.3, 0.4) is 0 Å². The molecule has 6 heteroatoms. The summed E-state index contributed by atoms with van der Waals surface area (Å²) in [4.78, 5) is 27.1. The molecule has 1 saturated heterocycles. The Bertz CT molecular complexity index is 329. The number of amides is 1. The summed E-state index contributed by atoms with van der Waals surface area (Å²) in [6, 6.07) is 0. The smallest absolute Gasteiger partial charge is 0.309 e. The van der Waals surface area contributed by atoms with Crippen LogP contribution < -0.4 is 5.32 Å². The van der Waals surface area contributed by atoms with Crippen molar-refractivity contribution >= 4 is 11.9 Å². The van der Waals surface area contributed by atoms with E-state index in [0.717, 1.165) is 6.54 Å². The van der Waals surface area contributed by atoms with E-state index in [9.17, 15) is 9.59 Å². The van der Waals surface area contributed by atoms with Gasteiger partial charge in [0.25, 0.3) is 0 Å². The first-order valence-corrected chi connectivity index (χ1v) is 6.16. The number of likely N-dealkylation sites (N-methyl/N-ethyl adjacent to an activating group) is 1. The highest BCUT2D eigenvalue weighted by Crippen LogP contribution is 2.19. The largest absolute Gasteiger partial charge is 0.481 e. The molecule has 1 heterocycles. The van der Waals surface area contributed by atoms with E-state index in [0.29, 0.717) is 13.1 Å². The van der Waals surface area contributed by atoms with E-state index in [-0.39, 0.29) is 12.5 Å². The summed E-state index contributed by atoms with van der Waals surface area (Å²) in [5.74, 6) is -1.51. The Morgan fingerprint density at radius 2 is 2.17 bits per heavy atom. The first-order valence-electron chi connectivity index (χ1n) is 6.16. The predicted molar refractivity (Wildman–Crippen MR) is 68.3 cm³/mol. The van der Waals surface area contributed by atoms with Crippen molar-refractivity contribution in [2.75, 3.05) is 40.3 Å². The highest BCUT2D eigenvalue weighted by Gasteiger charge is 2.40. The van der Waals surface area contributed by atoms with Crippen molar-refractivity contribution in [3.8, 4) is 0 Å². The quantitative estimate of drug-likeness (QED) is 0.707. The third-order valence-electron chi connectivity index (χ3n) is 3.46.